The molecule has 0 aliphatic carbocycles. The van der Waals surface area contributed by atoms with E-state index in [2.05, 4.69) is 29.5 Å². The highest BCUT2D eigenvalue weighted by Gasteiger charge is 2.39. The van der Waals surface area contributed by atoms with Gasteiger partial charge in [-0.15, -0.1) is 24.8 Å². The topological polar surface area (TPSA) is 44.4 Å². The molecule has 2 aliphatic rings. The predicted octanol–water partition coefficient (Wildman–Crippen LogP) is 1.57. The van der Waals surface area contributed by atoms with Crippen molar-refractivity contribution in [3.8, 4) is 0 Å². The maximum Gasteiger partial charge on any atom is 0.240 e. The number of rotatable bonds is 3. The molecule has 1 unspecified atom stereocenters. The Morgan fingerprint density at radius 1 is 1.37 bits per heavy atom. The Labute approximate surface area is 128 Å². The summed E-state index contributed by atoms with van der Waals surface area (Å²) in [5.41, 5.74) is -0.274. The van der Waals surface area contributed by atoms with Gasteiger partial charge in [0.25, 0.3) is 0 Å². The Bertz CT molecular complexity index is 275. The van der Waals surface area contributed by atoms with Gasteiger partial charge in [-0.1, -0.05) is 6.92 Å². The molecular weight excluding hydrogens is 285 g/mol. The molecule has 1 atom stereocenters. The average Bonchev–Trinajstić information content (AvgIpc) is 2.82. The molecule has 0 bridgehead atoms. The largest absolute Gasteiger partial charge is 0.352 e. The van der Waals surface area contributed by atoms with Gasteiger partial charge in [0.05, 0.1) is 5.54 Å². The van der Waals surface area contributed by atoms with Gasteiger partial charge < -0.3 is 15.5 Å². The van der Waals surface area contributed by atoms with Crippen LogP contribution in [0.2, 0.25) is 0 Å². The Morgan fingerprint density at radius 2 is 2.00 bits per heavy atom. The number of nitrogens with one attached hydrogen (secondary N) is 2. The van der Waals surface area contributed by atoms with Crippen molar-refractivity contribution >= 4 is 30.7 Å². The van der Waals surface area contributed by atoms with E-state index in [-0.39, 0.29) is 36.3 Å². The number of likely N-dealkylation sites (tertiary alicyclic amines) is 1. The average molecular weight is 312 g/mol. The zero-order valence-electron chi connectivity index (χ0n) is 11.9. The number of nitrogens with zero attached hydrogens (tertiary/aromatic N) is 1. The van der Waals surface area contributed by atoms with Gasteiger partial charge in [0, 0.05) is 6.04 Å². The maximum absolute atomic E-state index is 12.4. The second-order valence-corrected chi connectivity index (χ2v) is 5.52. The first-order valence-electron chi connectivity index (χ1n) is 6.91. The Morgan fingerprint density at radius 3 is 2.47 bits per heavy atom. The van der Waals surface area contributed by atoms with Crippen LogP contribution in [-0.4, -0.2) is 49.1 Å². The summed E-state index contributed by atoms with van der Waals surface area (Å²) >= 11 is 0. The number of halogens is 2. The van der Waals surface area contributed by atoms with Gasteiger partial charge in [-0.3, -0.25) is 4.79 Å². The molecular formula is C13H27Cl2N3O. The van der Waals surface area contributed by atoms with Crippen LogP contribution in [0.25, 0.3) is 0 Å². The molecule has 4 nitrogen and oxygen atoms in total. The molecule has 0 spiro atoms. The van der Waals surface area contributed by atoms with E-state index in [9.17, 15) is 4.79 Å². The van der Waals surface area contributed by atoms with Crippen LogP contribution < -0.4 is 10.6 Å². The minimum absolute atomic E-state index is 0. The van der Waals surface area contributed by atoms with E-state index in [1.54, 1.807) is 0 Å². The van der Waals surface area contributed by atoms with Crippen molar-refractivity contribution in [2.75, 3.05) is 26.7 Å². The molecule has 19 heavy (non-hydrogen) atoms. The summed E-state index contributed by atoms with van der Waals surface area (Å²) in [6, 6.07) is 0.379. The highest BCUT2D eigenvalue weighted by molar-refractivity contribution is 5.87. The minimum atomic E-state index is -0.274. The van der Waals surface area contributed by atoms with Crippen LogP contribution in [0.4, 0.5) is 0 Å². The zero-order valence-corrected chi connectivity index (χ0v) is 13.5. The summed E-state index contributed by atoms with van der Waals surface area (Å²) in [5, 5.41) is 6.64. The van der Waals surface area contributed by atoms with E-state index in [0.717, 1.165) is 51.7 Å². The first kappa shape index (κ1) is 19.0. The van der Waals surface area contributed by atoms with Crippen LogP contribution >= 0.6 is 24.8 Å². The SMILES string of the molecule is CCC1(C(=O)NC2CCN(C)CC2)CCCN1.Cl.Cl. The normalized spacial score (nSPS) is 28.3. The Hall–Kier alpha value is -0.0300. The Kier molecular flexibility index (Phi) is 8.29. The molecule has 0 saturated carbocycles. The van der Waals surface area contributed by atoms with Crippen LogP contribution in [0.5, 0.6) is 0 Å². The van der Waals surface area contributed by atoms with Gasteiger partial charge >= 0.3 is 0 Å². The number of hydrogen-bond donors (Lipinski definition) is 2. The van der Waals surface area contributed by atoms with E-state index in [1.807, 2.05) is 0 Å². The van der Waals surface area contributed by atoms with E-state index in [4.69, 9.17) is 0 Å². The zero-order chi connectivity index (χ0) is 12.3. The molecule has 0 aromatic rings. The minimum Gasteiger partial charge on any atom is -0.352 e. The lowest BCUT2D eigenvalue weighted by molar-refractivity contribution is -0.128. The van der Waals surface area contributed by atoms with Gasteiger partial charge in [-0.2, -0.15) is 0 Å². The lowest BCUT2D eigenvalue weighted by Crippen LogP contribution is -2.56. The smallest absolute Gasteiger partial charge is 0.240 e. The maximum atomic E-state index is 12.4. The first-order chi connectivity index (χ1) is 8.16. The van der Waals surface area contributed by atoms with E-state index >= 15 is 0 Å². The molecule has 0 aromatic heterocycles. The lowest BCUT2D eigenvalue weighted by atomic mass is 9.92. The fourth-order valence-corrected chi connectivity index (χ4v) is 2.94. The summed E-state index contributed by atoms with van der Waals surface area (Å²) in [5.74, 6) is 0.229. The van der Waals surface area contributed by atoms with Crippen molar-refractivity contribution in [2.45, 2.75) is 50.6 Å². The van der Waals surface area contributed by atoms with Gasteiger partial charge in [-0.05, 0) is 58.8 Å². The third-order valence-electron chi connectivity index (χ3n) is 4.34. The number of piperidine rings is 1. The van der Waals surface area contributed by atoms with Gasteiger partial charge in [0.2, 0.25) is 5.91 Å². The molecule has 0 aromatic carbocycles. The van der Waals surface area contributed by atoms with Crippen LogP contribution in [0.3, 0.4) is 0 Å². The number of hydrogen-bond acceptors (Lipinski definition) is 3. The standard InChI is InChI=1S/C13H25N3O.2ClH/c1-3-13(7-4-8-14-13)12(17)15-11-5-9-16(2)10-6-11;;/h11,14H,3-10H2,1-2H3,(H,15,17);2*1H. The molecule has 2 saturated heterocycles. The summed E-state index contributed by atoms with van der Waals surface area (Å²) in [6.45, 7) is 5.27. The fraction of sp³-hybridized carbons (Fsp3) is 0.923. The highest BCUT2D eigenvalue weighted by atomic mass is 35.5. The van der Waals surface area contributed by atoms with Crippen molar-refractivity contribution in [1.82, 2.24) is 15.5 Å². The summed E-state index contributed by atoms with van der Waals surface area (Å²) in [6.07, 6.45) is 5.17. The van der Waals surface area contributed by atoms with Crippen molar-refractivity contribution in [2.24, 2.45) is 0 Å². The molecule has 2 aliphatic heterocycles. The number of carbonyl (C=O) groups is 1. The number of amides is 1. The molecule has 2 rings (SSSR count). The third kappa shape index (κ3) is 4.48. The lowest BCUT2D eigenvalue weighted by Gasteiger charge is -2.33. The molecule has 2 heterocycles. The van der Waals surface area contributed by atoms with Crippen molar-refractivity contribution in [3.05, 3.63) is 0 Å². The van der Waals surface area contributed by atoms with Crippen molar-refractivity contribution < 1.29 is 4.79 Å². The van der Waals surface area contributed by atoms with Crippen LogP contribution in [0.15, 0.2) is 0 Å². The van der Waals surface area contributed by atoms with Crippen molar-refractivity contribution in [3.63, 3.8) is 0 Å². The van der Waals surface area contributed by atoms with Gasteiger partial charge in [-0.25, -0.2) is 0 Å². The van der Waals surface area contributed by atoms with Crippen molar-refractivity contribution in [1.29, 1.82) is 0 Å². The molecule has 0 radical (unpaired) electrons. The van der Waals surface area contributed by atoms with Gasteiger partial charge in [0.1, 0.15) is 0 Å². The van der Waals surface area contributed by atoms with Gasteiger partial charge in [0.15, 0.2) is 0 Å². The summed E-state index contributed by atoms with van der Waals surface area (Å²) in [7, 11) is 2.14. The quantitative estimate of drug-likeness (QED) is 0.831. The third-order valence-corrected chi connectivity index (χ3v) is 4.34. The number of carbonyl (C=O) groups excluding carboxylic acids is 1. The van der Waals surface area contributed by atoms with E-state index in [1.165, 1.54) is 0 Å². The van der Waals surface area contributed by atoms with E-state index < -0.39 is 0 Å². The summed E-state index contributed by atoms with van der Waals surface area (Å²) < 4.78 is 0. The second kappa shape index (κ2) is 8.30. The monoisotopic (exact) mass is 311 g/mol. The fourth-order valence-electron chi connectivity index (χ4n) is 2.94. The molecule has 6 heteroatoms. The Balaban J connectivity index is 0.00000162. The van der Waals surface area contributed by atoms with E-state index in [0.29, 0.717) is 6.04 Å². The first-order valence-corrected chi connectivity index (χ1v) is 6.91. The van der Waals surface area contributed by atoms with Crippen LogP contribution in [0.1, 0.15) is 39.0 Å². The molecule has 1 amide bonds. The molecule has 114 valence electrons. The van der Waals surface area contributed by atoms with Crippen LogP contribution in [-0.2, 0) is 4.79 Å². The van der Waals surface area contributed by atoms with Crippen LogP contribution in [0, 0.1) is 0 Å². The molecule has 2 N–H and O–H groups in total. The summed E-state index contributed by atoms with van der Waals surface area (Å²) in [4.78, 5) is 14.7. The second-order valence-electron chi connectivity index (χ2n) is 5.52. The highest BCUT2D eigenvalue weighted by Crippen LogP contribution is 2.23. The predicted molar refractivity (Wildman–Crippen MR) is 83.4 cm³/mol. The molecule has 2 fully saturated rings.